The SMILES string of the molecule is CCCCC/C(=N/NC(=O)C(C)Oc1ccc(Cl)cc1Cl)c1ccccc1. The number of nitrogens with zero attached hydrogens (tertiary/aromatic N) is 1. The number of hydrazone groups is 1. The third-order valence-corrected chi connectivity index (χ3v) is 4.52. The third kappa shape index (κ3) is 6.89. The van der Waals surface area contributed by atoms with Gasteiger partial charge in [-0.2, -0.15) is 5.10 Å². The van der Waals surface area contributed by atoms with Crippen molar-refractivity contribution in [1.82, 2.24) is 5.43 Å². The molecular formula is C21H24Cl2N2O2. The number of amides is 1. The number of nitrogens with one attached hydrogen (secondary N) is 1. The zero-order valence-corrected chi connectivity index (χ0v) is 17.1. The number of carbonyl (C=O) groups excluding carboxylic acids is 1. The van der Waals surface area contributed by atoms with Gasteiger partial charge in [0.05, 0.1) is 10.7 Å². The van der Waals surface area contributed by atoms with Crippen LogP contribution in [0.15, 0.2) is 53.6 Å². The van der Waals surface area contributed by atoms with Gasteiger partial charge in [-0.3, -0.25) is 4.79 Å². The van der Waals surface area contributed by atoms with Crippen LogP contribution in [-0.2, 0) is 4.79 Å². The molecule has 1 unspecified atom stereocenters. The zero-order chi connectivity index (χ0) is 19.6. The van der Waals surface area contributed by atoms with Gasteiger partial charge in [0.15, 0.2) is 6.10 Å². The average molecular weight is 407 g/mol. The molecule has 0 fully saturated rings. The number of benzene rings is 2. The molecule has 27 heavy (non-hydrogen) atoms. The molecule has 2 rings (SSSR count). The first-order valence-corrected chi connectivity index (χ1v) is 9.80. The smallest absolute Gasteiger partial charge is 0.280 e. The molecule has 0 aliphatic rings. The maximum atomic E-state index is 12.4. The van der Waals surface area contributed by atoms with Gasteiger partial charge in [-0.25, -0.2) is 5.43 Å². The van der Waals surface area contributed by atoms with E-state index in [2.05, 4.69) is 17.5 Å². The van der Waals surface area contributed by atoms with Crippen LogP contribution in [-0.4, -0.2) is 17.7 Å². The first kappa shape index (κ1) is 21.3. The lowest BCUT2D eigenvalue weighted by atomic mass is 10.0. The largest absolute Gasteiger partial charge is 0.479 e. The monoisotopic (exact) mass is 406 g/mol. The van der Waals surface area contributed by atoms with Crippen LogP contribution in [0.2, 0.25) is 10.0 Å². The van der Waals surface area contributed by atoms with E-state index in [1.165, 1.54) is 0 Å². The second-order valence-electron chi connectivity index (χ2n) is 6.19. The molecule has 2 aromatic carbocycles. The number of hydrogen-bond donors (Lipinski definition) is 1. The Morgan fingerprint density at radius 3 is 2.56 bits per heavy atom. The maximum Gasteiger partial charge on any atom is 0.280 e. The van der Waals surface area contributed by atoms with E-state index in [1.807, 2.05) is 30.3 Å². The molecule has 0 bridgehead atoms. The highest BCUT2D eigenvalue weighted by Gasteiger charge is 2.16. The van der Waals surface area contributed by atoms with Crippen molar-refractivity contribution in [2.45, 2.75) is 45.6 Å². The molecule has 0 aromatic heterocycles. The normalized spacial score (nSPS) is 12.5. The molecule has 6 heteroatoms. The molecule has 1 atom stereocenters. The molecule has 1 N–H and O–H groups in total. The van der Waals surface area contributed by atoms with Crippen LogP contribution in [0.1, 0.15) is 45.1 Å². The highest BCUT2D eigenvalue weighted by atomic mass is 35.5. The topological polar surface area (TPSA) is 50.7 Å². The molecule has 144 valence electrons. The van der Waals surface area contributed by atoms with Gasteiger partial charge < -0.3 is 4.74 Å². The van der Waals surface area contributed by atoms with Crippen molar-refractivity contribution < 1.29 is 9.53 Å². The second-order valence-corrected chi connectivity index (χ2v) is 7.04. The molecular weight excluding hydrogens is 383 g/mol. The average Bonchev–Trinajstić information content (AvgIpc) is 2.67. The Hall–Kier alpha value is -2.04. The fourth-order valence-corrected chi connectivity index (χ4v) is 2.92. The van der Waals surface area contributed by atoms with E-state index in [-0.39, 0.29) is 5.91 Å². The Morgan fingerprint density at radius 2 is 1.89 bits per heavy atom. The molecule has 0 saturated carbocycles. The Labute approximate surface area is 170 Å². The Bertz CT molecular complexity index is 779. The van der Waals surface area contributed by atoms with E-state index >= 15 is 0 Å². The van der Waals surface area contributed by atoms with E-state index in [4.69, 9.17) is 27.9 Å². The summed E-state index contributed by atoms with van der Waals surface area (Å²) in [4.78, 5) is 12.4. The summed E-state index contributed by atoms with van der Waals surface area (Å²) in [5.41, 5.74) is 4.47. The predicted molar refractivity (Wildman–Crippen MR) is 112 cm³/mol. The quantitative estimate of drug-likeness (QED) is 0.322. The van der Waals surface area contributed by atoms with Crippen molar-refractivity contribution >= 4 is 34.8 Å². The van der Waals surface area contributed by atoms with E-state index in [0.29, 0.717) is 15.8 Å². The van der Waals surface area contributed by atoms with E-state index in [1.54, 1.807) is 25.1 Å². The molecule has 0 saturated heterocycles. The van der Waals surface area contributed by atoms with E-state index < -0.39 is 6.10 Å². The van der Waals surface area contributed by atoms with Crippen LogP contribution >= 0.6 is 23.2 Å². The highest BCUT2D eigenvalue weighted by molar-refractivity contribution is 6.35. The number of rotatable bonds is 9. The third-order valence-electron chi connectivity index (χ3n) is 3.99. The lowest BCUT2D eigenvalue weighted by Gasteiger charge is -2.15. The molecule has 4 nitrogen and oxygen atoms in total. The summed E-state index contributed by atoms with van der Waals surface area (Å²) in [7, 11) is 0. The van der Waals surface area contributed by atoms with Gasteiger partial charge in [-0.05, 0) is 43.5 Å². The minimum atomic E-state index is -0.750. The van der Waals surface area contributed by atoms with Gasteiger partial charge >= 0.3 is 0 Å². The molecule has 1 amide bonds. The lowest BCUT2D eigenvalue weighted by molar-refractivity contribution is -0.127. The molecule has 0 aliphatic heterocycles. The summed E-state index contributed by atoms with van der Waals surface area (Å²) in [5.74, 6) is 0.0591. The summed E-state index contributed by atoms with van der Waals surface area (Å²) in [6.07, 6.45) is 3.32. The van der Waals surface area contributed by atoms with Gasteiger partial charge in [0, 0.05) is 5.02 Å². The van der Waals surface area contributed by atoms with Crippen LogP contribution < -0.4 is 10.2 Å². The summed E-state index contributed by atoms with van der Waals surface area (Å²) in [6.45, 7) is 3.80. The van der Waals surface area contributed by atoms with Crippen molar-refractivity contribution in [3.8, 4) is 5.75 Å². The highest BCUT2D eigenvalue weighted by Crippen LogP contribution is 2.28. The first-order chi connectivity index (χ1) is 13.0. The Morgan fingerprint density at radius 1 is 1.15 bits per heavy atom. The number of hydrogen-bond acceptors (Lipinski definition) is 3. The van der Waals surface area contributed by atoms with Gasteiger partial charge in [0.2, 0.25) is 0 Å². The van der Waals surface area contributed by atoms with Gasteiger partial charge in [0.25, 0.3) is 5.91 Å². The number of unbranched alkanes of at least 4 members (excludes halogenated alkanes) is 2. The van der Waals surface area contributed by atoms with Crippen molar-refractivity contribution in [3.63, 3.8) is 0 Å². The number of halogens is 2. The summed E-state index contributed by atoms with van der Waals surface area (Å²) >= 11 is 12.0. The lowest BCUT2D eigenvalue weighted by Crippen LogP contribution is -2.34. The van der Waals surface area contributed by atoms with Crippen LogP contribution in [0, 0.1) is 0 Å². The molecule has 2 aromatic rings. The molecule has 0 radical (unpaired) electrons. The van der Waals surface area contributed by atoms with Crippen molar-refractivity contribution in [2.24, 2.45) is 5.10 Å². The summed E-state index contributed by atoms with van der Waals surface area (Å²) in [6, 6.07) is 14.7. The minimum Gasteiger partial charge on any atom is -0.479 e. The van der Waals surface area contributed by atoms with E-state index in [0.717, 1.165) is 37.0 Å². The van der Waals surface area contributed by atoms with Gasteiger partial charge in [-0.1, -0.05) is 73.3 Å². The predicted octanol–water partition coefficient (Wildman–Crippen LogP) is 5.86. The van der Waals surface area contributed by atoms with Crippen LogP contribution in [0.25, 0.3) is 0 Å². The zero-order valence-electron chi connectivity index (χ0n) is 15.5. The van der Waals surface area contributed by atoms with Crippen LogP contribution in [0.3, 0.4) is 0 Å². The van der Waals surface area contributed by atoms with E-state index in [9.17, 15) is 4.79 Å². The molecule has 0 aliphatic carbocycles. The van der Waals surface area contributed by atoms with Crippen molar-refractivity contribution in [2.75, 3.05) is 0 Å². The fraction of sp³-hybridized carbons (Fsp3) is 0.333. The minimum absolute atomic E-state index is 0.343. The Kier molecular flexibility index (Phi) is 8.62. The van der Waals surface area contributed by atoms with Crippen LogP contribution in [0.4, 0.5) is 0 Å². The number of ether oxygens (including phenoxy) is 1. The summed E-state index contributed by atoms with van der Waals surface area (Å²) in [5, 5.41) is 5.21. The first-order valence-electron chi connectivity index (χ1n) is 9.04. The second kappa shape index (κ2) is 11.0. The maximum absolute atomic E-state index is 12.4. The Balaban J connectivity index is 2.03. The molecule has 0 heterocycles. The van der Waals surface area contributed by atoms with Gasteiger partial charge in [-0.15, -0.1) is 0 Å². The standard InChI is InChI=1S/C21H24Cl2N2O2/c1-3-4-6-11-19(16-9-7-5-8-10-16)24-25-21(26)15(2)27-20-13-12-17(22)14-18(20)23/h5,7-10,12-15H,3-4,6,11H2,1-2H3,(H,25,26)/b24-19-. The molecule has 0 spiro atoms. The number of carbonyl (C=O) groups is 1. The van der Waals surface area contributed by atoms with Crippen molar-refractivity contribution in [1.29, 1.82) is 0 Å². The summed E-state index contributed by atoms with van der Waals surface area (Å²) < 4.78 is 5.63. The van der Waals surface area contributed by atoms with Gasteiger partial charge in [0.1, 0.15) is 5.75 Å². The van der Waals surface area contributed by atoms with Crippen molar-refractivity contribution in [3.05, 3.63) is 64.1 Å². The fourth-order valence-electron chi connectivity index (χ4n) is 2.47. The van der Waals surface area contributed by atoms with Crippen LogP contribution in [0.5, 0.6) is 5.75 Å².